The lowest BCUT2D eigenvalue weighted by atomic mass is 9.96. The number of hydrogen-bond donors (Lipinski definition) is 1. The molecule has 1 N–H and O–H groups in total. The fourth-order valence-corrected chi connectivity index (χ4v) is 2.30. The fourth-order valence-electron chi connectivity index (χ4n) is 2.30. The Bertz CT molecular complexity index is 841. The van der Waals surface area contributed by atoms with Gasteiger partial charge in [-0.2, -0.15) is 0 Å². The molecule has 0 aliphatic heterocycles. The zero-order valence-electron chi connectivity index (χ0n) is 16.0. The molecule has 31 heavy (non-hydrogen) atoms. The van der Waals surface area contributed by atoms with Gasteiger partial charge < -0.3 is 24.5 Å². The molecule has 0 aromatic heterocycles. The molecule has 170 valence electrons. The molecule has 18 nitrogen and oxygen atoms in total. The van der Waals surface area contributed by atoms with Crippen molar-refractivity contribution in [3.05, 3.63) is 76.4 Å². The van der Waals surface area contributed by atoms with Crippen molar-refractivity contribution in [3.8, 4) is 0 Å². The molecule has 0 amide bonds. The van der Waals surface area contributed by atoms with E-state index in [2.05, 4.69) is 19.4 Å². The molecule has 1 aromatic rings. The van der Waals surface area contributed by atoms with Crippen molar-refractivity contribution in [2.24, 2.45) is 0 Å². The topological polar surface area (TPSA) is 247 Å². The highest BCUT2D eigenvalue weighted by molar-refractivity contribution is 5.85. The standard InChI is InChI=1S/C13H14N4O14/c18-7-10(28-14(20)21)12(30-16(24)25)13(31-17(26)27)11(29-15(22)23)9(19)6-8-4-2-1-3-5-8/h1-5,10-13,18H,6-7H2/t10-,11-,12-,13+/m1/s1/i6D/t6?,10-,11-,12-,13+. The van der Waals surface area contributed by atoms with Crippen molar-refractivity contribution in [1.29, 1.82) is 0 Å². The first kappa shape index (κ1) is 22.9. The zero-order chi connectivity index (χ0) is 24.4. The Morgan fingerprint density at radius 3 is 1.81 bits per heavy atom. The third-order valence-corrected chi connectivity index (χ3v) is 3.39. The highest BCUT2D eigenvalue weighted by atomic mass is 17.0. The summed E-state index contributed by atoms with van der Waals surface area (Å²) in [6, 6.07) is 6.79. The van der Waals surface area contributed by atoms with E-state index in [1.807, 2.05) is 0 Å². The maximum atomic E-state index is 12.7. The van der Waals surface area contributed by atoms with Crippen molar-refractivity contribution in [2.75, 3.05) is 6.61 Å². The Morgan fingerprint density at radius 1 is 0.871 bits per heavy atom. The molecular formula is C13H14N4O14. The molecule has 0 radical (unpaired) electrons. The Morgan fingerprint density at radius 2 is 1.35 bits per heavy atom. The van der Waals surface area contributed by atoms with Gasteiger partial charge in [-0.3, -0.25) is 4.79 Å². The number of aliphatic hydroxyl groups is 1. The van der Waals surface area contributed by atoms with Crippen LogP contribution in [0.2, 0.25) is 0 Å². The second-order valence-corrected chi connectivity index (χ2v) is 5.34. The van der Waals surface area contributed by atoms with Crippen LogP contribution in [0.5, 0.6) is 0 Å². The van der Waals surface area contributed by atoms with Gasteiger partial charge in [0, 0.05) is 7.77 Å². The van der Waals surface area contributed by atoms with E-state index in [9.17, 15) is 50.4 Å². The van der Waals surface area contributed by atoms with Crippen molar-refractivity contribution < 1.29 is 51.0 Å². The van der Waals surface area contributed by atoms with Gasteiger partial charge >= 0.3 is 0 Å². The van der Waals surface area contributed by atoms with Gasteiger partial charge in [-0.25, -0.2) is 0 Å². The summed E-state index contributed by atoms with van der Waals surface area (Å²) >= 11 is 0. The minimum Gasteiger partial charge on any atom is -0.394 e. The molecule has 0 bridgehead atoms. The Hall–Kier alpha value is -4.35. The normalized spacial score (nSPS) is 15.7. The van der Waals surface area contributed by atoms with Gasteiger partial charge in [0.25, 0.3) is 20.3 Å². The zero-order valence-corrected chi connectivity index (χ0v) is 15.0. The molecule has 1 rings (SSSR count). The Labute approximate surface area is 171 Å². The number of benzene rings is 1. The highest BCUT2D eigenvalue weighted by Crippen LogP contribution is 2.21. The van der Waals surface area contributed by atoms with E-state index in [0.717, 1.165) is 0 Å². The number of nitrogens with zero attached hydrogens (tertiary/aromatic N) is 4. The minimum atomic E-state index is -2.76. The molecule has 0 spiro atoms. The average Bonchev–Trinajstić information content (AvgIpc) is 2.72. The van der Waals surface area contributed by atoms with Gasteiger partial charge in [0.1, 0.15) is 0 Å². The Kier molecular flexibility index (Phi) is 8.58. The quantitative estimate of drug-likeness (QED) is 0.251. The first-order valence-electron chi connectivity index (χ1n) is 8.42. The Balaban J connectivity index is 3.52. The fraction of sp³-hybridized carbons (Fsp3) is 0.462. The van der Waals surface area contributed by atoms with Crippen molar-refractivity contribution >= 4 is 5.78 Å². The highest BCUT2D eigenvalue weighted by Gasteiger charge is 2.46. The van der Waals surface area contributed by atoms with Crippen LogP contribution in [0.3, 0.4) is 0 Å². The van der Waals surface area contributed by atoms with Gasteiger partial charge in [0.2, 0.25) is 0 Å². The van der Waals surface area contributed by atoms with E-state index in [0.29, 0.717) is 0 Å². The number of hydrogen-bond acceptors (Lipinski definition) is 14. The van der Waals surface area contributed by atoms with Gasteiger partial charge in [0.15, 0.2) is 30.2 Å². The number of carbonyl (C=O) groups excluding carboxylic acids is 1. The largest absolute Gasteiger partial charge is 0.394 e. The van der Waals surface area contributed by atoms with E-state index >= 15 is 0 Å². The summed E-state index contributed by atoms with van der Waals surface area (Å²) in [5.41, 5.74) is -0.0544. The van der Waals surface area contributed by atoms with Crippen molar-refractivity contribution in [3.63, 3.8) is 0 Å². The third-order valence-electron chi connectivity index (χ3n) is 3.39. The molecule has 0 fully saturated rings. The molecule has 0 heterocycles. The maximum Gasteiger partial charge on any atom is 0.295 e. The van der Waals surface area contributed by atoms with Gasteiger partial charge in [-0.05, 0) is 5.56 Å². The number of ketones is 1. The SMILES string of the molecule is [2H]C(C(=O)[C@@H](O[N+](=O)[O-])[C@H](O[N+](=O)[O-])[C@H](O[N+](=O)[O-])[C@@H](CO)O[N+](=O)[O-])c1ccccc1. The third kappa shape index (κ3) is 8.27. The van der Waals surface area contributed by atoms with Crippen LogP contribution in [-0.4, -0.2) is 62.3 Å². The smallest absolute Gasteiger partial charge is 0.295 e. The number of carbonyl (C=O) groups is 1. The lowest BCUT2D eigenvalue weighted by Gasteiger charge is -2.31. The van der Waals surface area contributed by atoms with Crippen molar-refractivity contribution in [2.45, 2.75) is 30.8 Å². The monoisotopic (exact) mass is 451 g/mol. The number of Topliss-reactive ketones (excluding diaryl/α,β-unsaturated/α-hetero) is 1. The van der Waals surface area contributed by atoms with E-state index in [-0.39, 0.29) is 5.56 Å². The molecular weight excluding hydrogens is 436 g/mol. The summed E-state index contributed by atoms with van der Waals surface area (Å²) in [5, 5.41) is 46.1. The van der Waals surface area contributed by atoms with Gasteiger partial charge in [-0.1, -0.05) is 30.3 Å². The molecule has 0 aliphatic carbocycles. The summed E-state index contributed by atoms with van der Waals surface area (Å²) in [4.78, 5) is 72.2. The second-order valence-electron chi connectivity index (χ2n) is 5.34. The lowest BCUT2D eigenvalue weighted by molar-refractivity contribution is -0.825. The van der Waals surface area contributed by atoms with Crippen LogP contribution < -0.4 is 0 Å². The average molecular weight is 451 g/mol. The van der Waals surface area contributed by atoms with Crippen LogP contribution in [0.4, 0.5) is 0 Å². The van der Waals surface area contributed by atoms with Crippen molar-refractivity contribution in [1.82, 2.24) is 0 Å². The van der Waals surface area contributed by atoms with Crippen LogP contribution in [0.1, 0.15) is 6.93 Å². The molecule has 1 unspecified atom stereocenters. The summed E-state index contributed by atoms with van der Waals surface area (Å²) in [7, 11) is 0. The predicted molar refractivity (Wildman–Crippen MR) is 89.7 cm³/mol. The van der Waals surface area contributed by atoms with E-state index < -0.39 is 63.5 Å². The van der Waals surface area contributed by atoms with Gasteiger partial charge in [0.05, 0.1) is 6.61 Å². The van der Waals surface area contributed by atoms with Crippen LogP contribution in [-0.2, 0) is 30.5 Å². The lowest BCUT2D eigenvalue weighted by Crippen LogP contribution is -2.55. The van der Waals surface area contributed by atoms with E-state index in [1.165, 1.54) is 30.3 Å². The summed E-state index contributed by atoms with van der Waals surface area (Å²) < 4.78 is 7.98. The van der Waals surface area contributed by atoms with Crippen LogP contribution in [0.15, 0.2) is 30.3 Å². The number of rotatable bonds is 15. The first-order chi connectivity index (χ1) is 15.0. The molecule has 0 saturated carbocycles. The molecule has 0 saturated heterocycles. The maximum absolute atomic E-state index is 12.7. The van der Waals surface area contributed by atoms with Gasteiger partial charge in [-0.15, -0.1) is 40.5 Å². The molecule has 5 atom stereocenters. The molecule has 1 aromatic carbocycles. The van der Waals surface area contributed by atoms with E-state index in [1.54, 1.807) is 0 Å². The van der Waals surface area contributed by atoms with Crippen LogP contribution in [0.25, 0.3) is 0 Å². The second kappa shape index (κ2) is 11.6. The summed E-state index contributed by atoms with van der Waals surface area (Å²) in [6.07, 6.45) is -12.5. The predicted octanol–water partition coefficient (Wildman–Crippen LogP) is -0.902. The van der Waals surface area contributed by atoms with Crippen LogP contribution in [0, 0.1) is 40.5 Å². The first-order valence-corrected chi connectivity index (χ1v) is 7.84. The van der Waals surface area contributed by atoms with E-state index in [4.69, 9.17) is 1.37 Å². The molecule has 18 heteroatoms. The summed E-state index contributed by atoms with van der Waals surface area (Å²) in [5.74, 6) is -1.56. The summed E-state index contributed by atoms with van der Waals surface area (Å²) in [6.45, 7) is -1.45. The minimum absolute atomic E-state index is 0.0544. The van der Waals surface area contributed by atoms with Crippen LogP contribution >= 0.6 is 0 Å². The number of aliphatic hydroxyl groups excluding tert-OH is 1. The molecule has 0 aliphatic rings.